The van der Waals surface area contributed by atoms with E-state index in [1.165, 1.54) is 23.1 Å². The maximum Gasteiger partial charge on any atom is 0.358 e. The van der Waals surface area contributed by atoms with Gasteiger partial charge in [0.05, 0.1) is 18.1 Å². The van der Waals surface area contributed by atoms with Gasteiger partial charge in [-0.2, -0.15) is 0 Å². The molecule has 0 aliphatic heterocycles. The lowest BCUT2D eigenvalue weighted by atomic mass is 10.1. The number of rotatable bonds is 8. The molecule has 0 bridgehead atoms. The molecule has 162 valence electrons. The number of hydrogen-bond acceptors (Lipinski definition) is 8. The first-order chi connectivity index (χ1) is 14.8. The number of ether oxygens (including phenoxy) is 1. The first-order valence-corrected chi connectivity index (χ1v) is 11.6. The predicted molar refractivity (Wildman–Crippen MR) is 124 cm³/mol. The Balaban J connectivity index is 1.60. The van der Waals surface area contributed by atoms with Gasteiger partial charge in [-0.25, -0.2) is 19.7 Å². The third-order valence-electron chi connectivity index (χ3n) is 4.02. The Morgan fingerprint density at radius 1 is 1.13 bits per heavy atom. The highest BCUT2D eigenvalue weighted by Crippen LogP contribution is 2.25. The zero-order valence-electron chi connectivity index (χ0n) is 17.8. The van der Waals surface area contributed by atoms with Gasteiger partial charge in [-0.1, -0.05) is 55.9 Å². The average Bonchev–Trinajstić information content (AvgIpc) is 3.10. The lowest BCUT2D eigenvalue weighted by Gasteiger charge is -2.06. The highest BCUT2D eigenvalue weighted by atomic mass is 32.2. The van der Waals surface area contributed by atoms with Crippen molar-refractivity contribution in [2.24, 2.45) is 5.92 Å². The number of thioether (sulfide) groups is 1. The van der Waals surface area contributed by atoms with Crippen LogP contribution < -0.4 is 5.32 Å². The van der Waals surface area contributed by atoms with Gasteiger partial charge in [-0.05, 0) is 25.8 Å². The molecule has 7 nitrogen and oxygen atoms in total. The van der Waals surface area contributed by atoms with Gasteiger partial charge in [0, 0.05) is 10.4 Å². The fourth-order valence-corrected chi connectivity index (χ4v) is 4.18. The van der Waals surface area contributed by atoms with Gasteiger partial charge < -0.3 is 10.1 Å². The largest absolute Gasteiger partial charge is 0.461 e. The van der Waals surface area contributed by atoms with E-state index in [1.807, 2.05) is 57.2 Å². The third-order valence-corrected chi connectivity index (χ3v) is 5.82. The van der Waals surface area contributed by atoms with Crippen molar-refractivity contribution in [2.45, 2.75) is 32.7 Å². The van der Waals surface area contributed by atoms with Crippen molar-refractivity contribution in [3.63, 3.8) is 0 Å². The molecule has 0 saturated heterocycles. The molecule has 0 radical (unpaired) electrons. The van der Waals surface area contributed by atoms with Crippen LogP contribution in [0.4, 0.5) is 5.13 Å². The Morgan fingerprint density at radius 2 is 1.87 bits per heavy atom. The molecule has 0 fully saturated rings. The van der Waals surface area contributed by atoms with Gasteiger partial charge in [-0.15, -0.1) is 11.3 Å². The summed E-state index contributed by atoms with van der Waals surface area (Å²) in [5.41, 5.74) is 2.05. The Hall–Kier alpha value is -2.78. The number of aryl methyl sites for hydroxylation is 2. The van der Waals surface area contributed by atoms with Crippen molar-refractivity contribution in [3.8, 4) is 11.3 Å². The quantitative estimate of drug-likeness (QED) is 0.297. The summed E-state index contributed by atoms with van der Waals surface area (Å²) in [6.07, 6.45) is 0. The van der Waals surface area contributed by atoms with Crippen LogP contribution in [-0.2, 0) is 9.53 Å². The van der Waals surface area contributed by atoms with Crippen LogP contribution in [0.5, 0.6) is 0 Å². The number of aromatic nitrogens is 3. The van der Waals surface area contributed by atoms with E-state index >= 15 is 0 Å². The third kappa shape index (κ3) is 6.60. The maximum absolute atomic E-state index is 12.4. The zero-order valence-corrected chi connectivity index (χ0v) is 19.5. The number of benzene rings is 1. The second-order valence-corrected chi connectivity index (χ2v) is 9.46. The molecule has 0 aliphatic carbocycles. The highest BCUT2D eigenvalue weighted by Gasteiger charge is 2.18. The summed E-state index contributed by atoms with van der Waals surface area (Å²) in [5, 5.41) is 3.85. The van der Waals surface area contributed by atoms with E-state index < -0.39 is 5.97 Å². The first-order valence-electron chi connectivity index (χ1n) is 9.80. The topological polar surface area (TPSA) is 94.1 Å². The number of thiazole rings is 1. The molecule has 0 atom stereocenters. The van der Waals surface area contributed by atoms with Crippen molar-refractivity contribution in [3.05, 3.63) is 52.8 Å². The number of hydrogen-bond donors (Lipinski definition) is 1. The SMILES string of the molecule is Cc1nc(SCC(=O)Nc2nc(C(=O)OCC(C)C)c(C)s2)cc(-c2ccccc2)n1. The van der Waals surface area contributed by atoms with E-state index in [-0.39, 0.29) is 23.3 Å². The van der Waals surface area contributed by atoms with Gasteiger partial charge in [-0.3, -0.25) is 4.79 Å². The minimum atomic E-state index is -0.470. The summed E-state index contributed by atoms with van der Waals surface area (Å²) < 4.78 is 5.23. The van der Waals surface area contributed by atoms with Crippen LogP contribution >= 0.6 is 23.1 Å². The number of anilines is 1. The number of carbonyl (C=O) groups excluding carboxylic acids is 2. The second-order valence-electron chi connectivity index (χ2n) is 7.26. The summed E-state index contributed by atoms with van der Waals surface area (Å²) in [7, 11) is 0. The molecule has 0 aliphatic rings. The van der Waals surface area contributed by atoms with Crippen LogP contribution in [0.1, 0.15) is 35.0 Å². The fourth-order valence-electron chi connectivity index (χ4n) is 2.62. The molecule has 1 aromatic carbocycles. The second kappa shape index (κ2) is 10.5. The molecule has 3 aromatic rings. The zero-order chi connectivity index (χ0) is 22.4. The molecule has 2 heterocycles. The van der Waals surface area contributed by atoms with Crippen molar-refractivity contribution in [1.82, 2.24) is 15.0 Å². The van der Waals surface area contributed by atoms with E-state index in [1.54, 1.807) is 6.92 Å². The van der Waals surface area contributed by atoms with Crippen molar-refractivity contribution >= 4 is 40.1 Å². The van der Waals surface area contributed by atoms with E-state index in [0.717, 1.165) is 16.3 Å². The lowest BCUT2D eigenvalue weighted by Crippen LogP contribution is -2.15. The number of amides is 1. The normalized spacial score (nSPS) is 10.9. The predicted octanol–water partition coefficient (Wildman–Crippen LogP) is 4.76. The van der Waals surface area contributed by atoms with Crippen LogP contribution in [0.2, 0.25) is 0 Å². The Morgan fingerprint density at radius 3 is 2.58 bits per heavy atom. The molecule has 3 rings (SSSR count). The molecule has 1 N–H and O–H groups in total. The first kappa shape index (κ1) is 22.9. The highest BCUT2D eigenvalue weighted by molar-refractivity contribution is 7.99. The lowest BCUT2D eigenvalue weighted by molar-refractivity contribution is -0.113. The molecular formula is C22H24N4O3S2. The summed E-state index contributed by atoms with van der Waals surface area (Å²) in [4.78, 5) is 38.4. The summed E-state index contributed by atoms with van der Waals surface area (Å²) >= 11 is 2.57. The average molecular weight is 457 g/mol. The Kier molecular flexibility index (Phi) is 7.75. The van der Waals surface area contributed by atoms with Gasteiger partial charge in [0.2, 0.25) is 5.91 Å². The Labute approximate surface area is 189 Å². The molecule has 1 amide bonds. The Bertz CT molecular complexity index is 1070. The molecule has 0 saturated carbocycles. The van der Waals surface area contributed by atoms with Gasteiger partial charge in [0.1, 0.15) is 10.9 Å². The van der Waals surface area contributed by atoms with Crippen LogP contribution in [0.3, 0.4) is 0 Å². The van der Waals surface area contributed by atoms with E-state index in [2.05, 4.69) is 20.3 Å². The number of nitrogens with zero attached hydrogens (tertiary/aromatic N) is 3. The van der Waals surface area contributed by atoms with Crippen LogP contribution in [-0.4, -0.2) is 39.2 Å². The number of nitrogens with one attached hydrogen (secondary N) is 1. The maximum atomic E-state index is 12.4. The summed E-state index contributed by atoms with van der Waals surface area (Å²) in [5.74, 6) is 0.355. The van der Waals surface area contributed by atoms with Crippen molar-refractivity contribution in [2.75, 3.05) is 17.7 Å². The fraction of sp³-hybridized carbons (Fsp3) is 0.318. The van der Waals surface area contributed by atoms with Gasteiger partial charge in [0.15, 0.2) is 10.8 Å². The molecule has 9 heteroatoms. The van der Waals surface area contributed by atoms with Gasteiger partial charge in [0.25, 0.3) is 0 Å². The minimum absolute atomic E-state index is 0.163. The van der Waals surface area contributed by atoms with E-state index in [4.69, 9.17) is 4.74 Å². The molecule has 0 spiro atoms. The summed E-state index contributed by atoms with van der Waals surface area (Å²) in [6.45, 7) is 7.87. The van der Waals surface area contributed by atoms with Crippen molar-refractivity contribution in [1.29, 1.82) is 0 Å². The minimum Gasteiger partial charge on any atom is -0.461 e. The standard InChI is InChI=1S/C22H24N4O3S2/c1-13(2)11-29-21(28)20-14(3)31-22(26-20)25-18(27)12-30-19-10-17(23-15(4)24-19)16-8-6-5-7-9-16/h5-10,13H,11-12H2,1-4H3,(H,25,26,27). The summed E-state index contributed by atoms with van der Waals surface area (Å²) in [6, 6.07) is 11.7. The van der Waals surface area contributed by atoms with E-state index in [9.17, 15) is 9.59 Å². The van der Waals surface area contributed by atoms with Crippen LogP contribution in [0.15, 0.2) is 41.4 Å². The molecular weight excluding hydrogens is 432 g/mol. The number of esters is 1. The van der Waals surface area contributed by atoms with Crippen LogP contribution in [0.25, 0.3) is 11.3 Å². The molecule has 0 unspecified atom stereocenters. The number of carbonyl (C=O) groups is 2. The van der Waals surface area contributed by atoms with E-state index in [0.29, 0.717) is 22.4 Å². The monoisotopic (exact) mass is 456 g/mol. The van der Waals surface area contributed by atoms with Crippen molar-refractivity contribution < 1.29 is 14.3 Å². The van der Waals surface area contributed by atoms with Gasteiger partial charge >= 0.3 is 5.97 Å². The smallest absolute Gasteiger partial charge is 0.358 e. The van der Waals surface area contributed by atoms with Crippen LogP contribution in [0, 0.1) is 19.8 Å². The molecule has 31 heavy (non-hydrogen) atoms. The molecule has 2 aromatic heterocycles.